The Hall–Kier alpha value is -3.86. The first-order valence-electron chi connectivity index (χ1n) is 10.4. The molecule has 11 heteroatoms. The van der Waals surface area contributed by atoms with Gasteiger partial charge in [-0.3, -0.25) is 14.2 Å². The van der Waals surface area contributed by atoms with Crippen molar-refractivity contribution in [3.63, 3.8) is 0 Å². The Bertz CT molecular complexity index is 1450. The van der Waals surface area contributed by atoms with Crippen molar-refractivity contribution in [3.8, 4) is 17.2 Å². The number of halogens is 1. The lowest BCUT2D eigenvalue weighted by Gasteiger charge is -2.15. The monoisotopic (exact) mass is 481 g/mol. The number of thioether (sulfide) groups is 1. The van der Waals surface area contributed by atoms with Crippen molar-refractivity contribution in [1.82, 2.24) is 19.3 Å². The molecule has 3 heterocycles. The molecular weight excluding hydrogens is 461 g/mol. The maximum atomic E-state index is 13.3. The predicted octanol–water partition coefficient (Wildman–Crippen LogP) is 3.41. The number of ether oxygens (including phenoxy) is 2. The largest absolute Gasteiger partial charge is 0.497 e. The summed E-state index contributed by atoms with van der Waals surface area (Å²) in [6.45, 7) is 0. The number of carbonyl (C=O) groups excluding carboxylic acids is 1. The number of nitrogens with zero attached hydrogens (tertiary/aromatic N) is 4. The molecule has 1 unspecified atom stereocenters. The Morgan fingerprint density at radius 2 is 2.00 bits per heavy atom. The van der Waals surface area contributed by atoms with E-state index in [-0.39, 0.29) is 29.7 Å². The number of nitrogens with one attached hydrogen (secondary N) is 1. The molecule has 9 nitrogen and oxygen atoms in total. The summed E-state index contributed by atoms with van der Waals surface area (Å²) in [5.41, 5.74) is 1.24. The Morgan fingerprint density at radius 1 is 1.21 bits per heavy atom. The summed E-state index contributed by atoms with van der Waals surface area (Å²) in [7, 11) is 3.06. The number of anilines is 1. The predicted molar refractivity (Wildman–Crippen MR) is 126 cm³/mol. The van der Waals surface area contributed by atoms with Gasteiger partial charge in [0.2, 0.25) is 5.91 Å². The molecule has 0 spiro atoms. The van der Waals surface area contributed by atoms with Crippen LogP contribution < -0.4 is 20.3 Å². The Morgan fingerprint density at radius 3 is 2.74 bits per heavy atom. The van der Waals surface area contributed by atoms with Gasteiger partial charge >= 0.3 is 0 Å². The molecule has 5 rings (SSSR count). The van der Waals surface area contributed by atoms with Gasteiger partial charge in [-0.2, -0.15) is 5.10 Å². The average molecular weight is 482 g/mol. The number of carbonyl (C=O) groups is 1. The minimum atomic E-state index is -0.363. The fraction of sp³-hybridized carbons (Fsp3) is 0.217. The highest BCUT2D eigenvalue weighted by Crippen LogP contribution is 2.34. The summed E-state index contributed by atoms with van der Waals surface area (Å²) in [5.74, 6) is 1.00. The van der Waals surface area contributed by atoms with E-state index < -0.39 is 0 Å². The second kappa shape index (κ2) is 8.82. The first-order valence-corrected chi connectivity index (χ1v) is 11.4. The van der Waals surface area contributed by atoms with Crippen LogP contribution in [0.15, 0.2) is 58.6 Å². The molecule has 1 atom stereocenters. The van der Waals surface area contributed by atoms with E-state index in [1.165, 1.54) is 41.9 Å². The first-order chi connectivity index (χ1) is 16.5. The molecule has 0 radical (unpaired) electrons. The normalized spacial score (nSPS) is 14.7. The van der Waals surface area contributed by atoms with Gasteiger partial charge in [0.15, 0.2) is 10.8 Å². The smallest absolute Gasteiger partial charge is 0.265 e. The zero-order valence-corrected chi connectivity index (χ0v) is 19.1. The van der Waals surface area contributed by atoms with E-state index in [0.29, 0.717) is 44.8 Å². The van der Waals surface area contributed by atoms with E-state index in [0.717, 1.165) is 0 Å². The van der Waals surface area contributed by atoms with Crippen molar-refractivity contribution < 1.29 is 18.7 Å². The third kappa shape index (κ3) is 3.87. The van der Waals surface area contributed by atoms with Gasteiger partial charge in [-0.25, -0.2) is 14.1 Å². The van der Waals surface area contributed by atoms with Gasteiger partial charge in [0.05, 0.1) is 37.8 Å². The third-order valence-electron chi connectivity index (χ3n) is 5.55. The van der Waals surface area contributed by atoms with Crippen LogP contribution in [0.2, 0.25) is 0 Å². The van der Waals surface area contributed by atoms with Gasteiger partial charge in [0, 0.05) is 18.2 Å². The van der Waals surface area contributed by atoms with Gasteiger partial charge in [0.1, 0.15) is 22.7 Å². The summed E-state index contributed by atoms with van der Waals surface area (Å²) in [6, 6.07) is 10.5. The first kappa shape index (κ1) is 22.0. The summed E-state index contributed by atoms with van der Waals surface area (Å²) < 4.78 is 26.9. The van der Waals surface area contributed by atoms with Gasteiger partial charge < -0.3 is 14.8 Å². The molecule has 34 heavy (non-hydrogen) atoms. The molecule has 0 fully saturated rings. The van der Waals surface area contributed by atoms with Crippen molar-refractivity contribution in [1.29, 1.82) is 0 Å². The molecule has 1 aliphatic heterocycles. The number of hydrogen-bond donors (Lipinski definition) is 1. The summed E-state index contributed by atoms with van der Waals surface area (Å²) in [4.78, 5) is 30.7. The average Bonchev–Trinajstić information content (AvgIpc) is 3.45. The molecule has 0 saturated carbocycles. The number of hydrogen-bond acceptors (Lipinski definition) is 7. The van der Waals surface area contributed by atoms with Gasteiger partial charge in [-0.1, -0.05) is 11.8 Å². The van der Waals surface area contributed by atoms with E-state index in [1.54, 1.807) is 42.0 Å². The molecule has 0 bridgehead atoms. The molecule has 1 aliphatic rings. The van der Waals surface area contributed by atoms with Crippen LogP contribution in [0.5, 0.6) is 11.5 Å². The molecule has 4 aromatic rings. The van der Waals surface area contributed by atoms with Crippen LogP contribution >= 0.6 is 11.8 Å². The molecule has 1 N–H and O–H groups in total. The van der Waals surface area contributed by atoms with Crippen molar-refractivity contribution in [2.24, 2.45) is 0 Å². The van der Waals surface area contributed by atoms with Crippen LogP contribution in [0.25, 0.3) is 16.7 Å². The zero-order chi connectivity index (χ0) is 23.8. The number of amides is 1. The Labute approximate surface area is 197 Å². The van der Waals surface area contributed by atoms with Crippen LogP contribution in [0.4, 0.5) is 10.1 Å². The van der Waals surface area contributed by atoms with Crippen LogP contribution in [0.3, 0.4) is 0 Å². The maximum Gasteiger partial charge on any atom is 0.265 e. The molecule has 1 amide bonds. The summed E-state index contributed by atoms with van der Waals surface area (Å²) >= 11 is 1.41. The highest BCUT2D eigenvalue weighted by Gasteiger charge is 2.30. The minimum absolute atomic E-state index is 0.0916. The van der Waals surface area contributed by atoms with Crippen LogP contribution in [0, 0.1) is 5.82 Å². The lowest BCUT2D eigenvalue weighted by atomic mass is 10.2. The third-order valence-corrected chi connectivity index (χ3v) is 6.64. The molecule has 0 saturated heterocycles. The molecule has 2 aromatic carbocycles. The maximum absolute atomic E-state index is 13.3. The number of benzene rings is 2. The standard InChI is InChI=1S/C23H20FN5O4S/c1-32-16-7-8-18(19(10-16)33-2)26-20(30)9-15-12-34-23-27-21-17(22(31)28(15)23)11-25-29(21)14-5-3-13(24)4-6-14/h3-8,10-11,15H,9,12H2,1-2H3,(H,26,30). The van der Waals surface area contributed by atoms with E-state index in [1.807, 2.05) is 0 Å². The minimum Gasteiger partial charge on any atom is -0.497 e. The van der Waals surface area contributed by atoms with Crippen LogP contribution in [0.1, 0.15) is 12.5 Å². The molecule has 174 valence electrons. The van der Waals surface area contributed by atoms with Crippen molar-refractivity contribution in [2.75, 3.05) is 25.3 Å². The lowest BCUT2D eigenvalue weighted by molar-refractivity contribution is -0.116. The van der Waals surface area contributed by atoms with E-state index >= 15 is 0 Å². The van der Waals surface area contributed by atoms with Crippen molar-refractivity contribution >= 4 is 34.4 Å². The number of fused-ring (bicyclic) bond motifs is 2. The highest BCUT2D eigenvalue weighted by atomic mass is 32.2. The SMILES string of the molecule is COc1ccc(NC(=O)CC2CSc3nc4c(cnn4-c4ccc(F)cc4)c(=O)n32)c(OC)c1. The second-order valence-electron chi connectivity index (χ2n) is 7.62. The van der Waals surface area contributed by atoms with E-state index in [9.17, 15) is 14.0 Å². The van der Waals surface area contributed by atoms with Gasteiger partial charge in [-0.05, 0) is 36.4 Å². The second-order valence-corrected chi connectivity index (χ2v) is 8.61. The van der Waals surface area contributed by atoms with E-state index in [2.05, 4.69) is 15.4 Å². The fourth-order valence-electron chi connectivity index (χ4n) is 3.87. The van der Waals surface area contributed by atoms with E-state index in [4.69, 9.17) is 9.47 Å². The Balaban J connectivity index is 1.41. The quantitative estimate of drug-likeness (QED) is 0.421. The molecular formula is C23H20FN5O4S. The Kier molecular flexibility index (Phi) is 5.70. The fourth-order valence-corrected chi connectivity index (χ4v) is 5.00. The summed E-state index contributed by atoms with van der Waals surface area (Å²) in [5, 5.41) is 7.97. The van der Waals surface area contributed by atoms with Crippen LogP contribution in [-0.4, -0.2) is 45.2 Å². The van der Waals surface area contributed by atoms with Gasteiger partial charge in [0.25, 0.3) is 5.56 Å². The molecule has 0 aliphatic carbocycles. The topological polar surface area (TPSA) is 100 Å². The number of rotatable bonds is 6. The zero-order valence-electron chi connectivity index (χ0n) is 18.3. The molecule has 2 aromatic heterocycles. The van der Waals surface area contributed by atoms with Crippen LogP contribution in [-0.2, 0) is 4.79 Å². The van der Waals surface area contributed by atoms with Crippen molar-refractivity contribution in [2.45, 2.75) is 17.6 Å². The highest BCUT2D eigenvalue weighted by molar-refractivity contribution is 7.99. The summed E-state index contributed by atoms with van der Waals surface area (Å²) in [6.07, 6.45) is 1.54. The number of methoxy groups -OCH3 is 2. The van der Waals surface area contributed by atoms with Crippen molar-refractivity contribution in [3.05, 3.63) is 64.8 Å². The lowest BCUT2D eigenvalue weighted by Crippen LogP contribution is -2.27. The van der Waals surface area contributed by atoms with Gasteiger partial charge in [-0.15, -0.1) is 0 Å². The number of aromatic nitrogens is 4.